The van der Waals surface area contributed by atoms with Crippen molar-refractivity contribution in [1.29, 1.82) is 0 Å². The van der Waals surface area contributed by atoms with E-state index >= 15 is 0 Å². The number of fused-ring (bicyclic) bond motifs is 1. The lowest BCUT2D eigenvalue weighted by Crippen LogP contribution is -2.15. The molecule has 0 saturated heterocycles. The molecule has 1 amide bonds. The summed E-state index contributed by atoms with van der Waals surface area (Å²) in [5.41, 5.74) is 10.2. The van der Waals surface area contributed by atoms with E-state index in [9.17, 15) is 4.79 Å². The molecular weight excluding hydrogens is 262 g/mol. The van der Waals surface area contributed by atoms with E-state index in [1.165, 1.54) is 0 Å². The van der Waals surface area contributed by atoms with Gasteiger partial charge in [-0.1, -0.05) is 12.1 Å². The highest BCUT2D eigenvalue weighted by atomic mass is 16.1. The first kappa shape index (κ1) is 13.2. The van der Waals surface area contributed by atoms with Crippen molar-refractivity contribution >= 4 is 28.2 Å². The predicted octanol–water partition coefficient (Wildman–Crippen LogP) is 3.24. The van der Waals surface area contributed by atoms with Gasteiger partial charge in [0.1, 0.15) is 0 Å². The van der Waals surface area contributed by atoms with Gasteiger partial charge < -0.3 is 16.0 Å². The van der Waals surface area contributed by atoms with Crippen LogP contribution >= 0.6 is 0 Å². The molecule has 0 aliphatic carbocycles. The molecule has 0 radical (unpaired) electrons. The number of hydrogen-bond acceptors (Lipinski definition) is 2. The Hall–Kier alpha value is -2.75. The number of H-pyrrole nitrogens is 1. The van der Waals surface area contributed by atoms with Crippen molar-refractivity contribution in [3.05, 3.63) is 59.8 Å². The Balaban J connectivity index is 1.75. The average Bonchev–Trinajstić information content (AvgIpc) is 2.90. The summed E-state index contributed by atoms with van der Waals surface area (Å²) < 4.78 is 0. The van der Waals surface area contributed by atoms with Gasteiger partial charge in [-0.15, -0.1) is 0 Å². The number of carbonyl (C=O) groups excluding carboxylic acids is 1. The standard InChI is InChI=1S/C17H17N3O/c1-11-2-4-14(18)16(8-11)20-17(21)10-12-3-5-15-13(9-12)6-7-19-15/h2-9,19H,10,18H2,1H3,(H,20,21). The first-order chi connectivity index (χ1) is 10.1. The number of amides is 1. The van der Waals surface area contributed by atoms with Crippen molar-refractivity contribution in [2.45, 2.75) is 13.3 Å². The number of anilines is 2. The predicted molar refractivity (Wildman–Crippen MR) is 86.2 cm³/mol. The molecule has 0 saturated carbocycles. The maximum Gasteiger partial charge on any atom is 0.228 e. The van der Waals surface area contributed by atoms with Gasteiger partial charge in [0.15, 0.2) is 0 Å². The number of hydrogen-bond donors (Lipinski definition) is 3. The number of nitrogens with one attached hydrogen (secondary N) is 2. The largest absolute Gasteiger partial charge is 0.397 e. The van der Waals surface area contributed by atoms with Gasteiger partial charge in [0, 0.05) is 11.7 Å². The van der Waals surface area contributed by atoms with E-state index in [2.05, 4.69) is 10.3 Å². The molecule has 1 heterocycles. The van der Waals surface area contributed by atoms with Gasteiger partial charge in [-0.25, -0.2) is 0 Å². The molecule has 0 bridgehead atoms. The zero-order valence-electron chi connectivity index (χ0n) is 11.8. The van der Waals surface area contributed by atoms with E-state index in [0.717, 1.165) is 22.0 Å². The fourth-order valence-corrected chi connectivity index (χ4v) is 2.37. The Kier molecular flexibility index (Phi) is 3.36. The normalized spacial score (nSPS) is 10.7. The van der Waals surface area contributed by atoms with Crippen LogP contribution in [0.25, 0.3) is 10.9 Å². The van der Waals surface area contributed by atoms with Gasteiger partial charge in [0.25, 0.3) is 0 Å². The molecule has 3 aromatic rings. The number of aromatic amines is 1. The third kappa shape index (κ3) is 2.89. The lowest BCUT2D eigenvalue weighted by atomic mass is 10.1. The van der Waals surface area contributed by atoms with Crippen molar-refractivity contribution in [2.75, 3.05) is 11.1 Å². The van der Waals surface area contributed by atoms with E-state index in [4.69, 9.17) is 5.73 Å². The highest BCUT2D eigenvalue weighted by Gasteiger charge is 2.07. The molecule has 21 heavy (non-hydrogen) atoms. The van der Waals surface area contributed by atoms with Gasteiger partial charge in [0.2, 0.25) is 5.91 Å². The van der Waals surface area contributed by atoms with Crippen LogP contribution in [0.2, 0.25) is 0 Å². The first-order valence-corrected chi connectivity index (χ1v) is 6.84. The van der Waals surface area contributed by atoms with Crippen LogP contribution in [0.4, 0.5) is 11.4 Å². The summed E-state index contributed by atoms with van der Waals surface area (Å²) >= 11 is 0. The summed E-state index contributed by atoms with van der Waals surface area (Å²) in [5, 5.41) is 3.98. The van der Waals surface area contributed by atoms with Gasteiger partial charge in [0.05, 0.1) is 17.8 Å². The van der Waals surface area contributed by atoms with Crippen molar-refractivity contribution in [3.63, 3.8) is 0 Å². The van der Waals surface area contributed by atoms with Gasteiger partial charge in [-0.2, -0.15) is 0 Å². The van der Waals surface area contributed by atoms with Gasteiger partial charge in [-0.05, 0) is 53.8 Å². The smallest absolute Gasteiger partial charge is 0.228 e. The Labute approximate surface area is 123 Å². The van der Waals surface area contributed by atoms with Crippen molar-refractivity contribution in [1.82, 2.24) is 4.98 Å². The Bertz CT molecular complexity index is 805. The van der Waals surface area contributed by atoms with E-state index < -0.39 is 0 Å². The minimum Gasteiger partial charge on any atom is -0.397 e. The molecule has 4 heteroatoms. The fourth-order valence-electron chi connectivity index (χ4n) is 2.37. The van der Waals surface area contributed by atoms with Gasteiger partial charge in [-0.3, -0.25) is 4.79 Å². The molecule has 0 spiro atoms. The van der Waals surface area contributed by atoms with Crippen LogP contribution in [0.15, 0.2) is 48.7 Å². The molecule has 3 rings (SSSR count). The molecule has 2 aromatic carbocycles. The molecule has 0 aliphatic heterocycles. The van der Waals surface area contributed by atoms with Gasteiger partial charge >= 0.3 is 0 Å². The average molecular weight is 279 g/mol. The number of nitrogen functional groups attached to an aromatic ring is 1. The summed E-state index contributed by atoms with van der Waals surface area (Å²) in [6, 6.07) is 13.6. The van der Waals surface area contributed by atoms with Crippen LogP contribution < -0.4 is 11.1 Å². The Morgan fingerprint density at radius 1 is 1.19 bits per heavy atom. The number of aromatic nitrogens is 1. The highest BCUT2D eigenvalue weighted by Crippen LogP contribution is 2.20. The number of nitrogens with two attached hydrogens (primary N) is 1. The van der Waals surface area contributed by atoms with Crippen LogP contribution in [0.1, 0.15) is 11.1 Å². The third-order valence-electron chi connectivity index (χ3n) is 3.47. The summed E-state index contributed by atoms with van der Waals surface area (Å²) in [5.74, 6) is -0.0674. The second kappa shape index (κ2) is 5.32. The first-order valence-electron chi connectivity index (χ1n) is 6.84. The lowest BCUT2D eigenvalue weighted by Gasteiger charge is -2.09. The topological polar surface area (TPSA) is 70.9 Å². The van der Waals surface area contributed by atoms with Crippen LogP contribution in [0.5, 0.6) is 0 Å². The number of rotatable bonds is 3. The molecule has 1 aromatic heterocycles. The Morgan fingerprint density at radius 3 is 2.90 bits per heavy atom. The number of carbonyl (C=O) groups is 1. The summed E-state index contributed by atoms with van der Waals surface area (Å²) in [6.45, 7) is 1.97. The van der Waals surface area contributed by atoms with Crippen molar-refractivity contribution < 1.29 is 4.79 Å². The minimum absolute atomic E-state index is 0.0674. The Morgan fingerprint density at radius 2 is 2.05 bits per heavy atom. The number of benzene rings is 2. The maximum atomic E-state index is 12.1. The summed E-state index contributed by atoms with van der Waals surface area (Å²) in [7, 11) is 0. The zero-order valence-corrected chi connectivity index (χ0v) is 11.8. The van der Waals surface area contributed by atoms with Crippen LogP contribution in [0, 0.1) is 6.92 Å². The van der Waals surface area contributed by atoms with Crippen molar-refractivity contribution in [2.24, 2.45) is 0 Å². The molecule has 106 valence electrons. The number of aryl methyl sites for hydroxylation is 1. The molecule has 0 unspecified atom stereocenters. The molecule has 0 aliphatic rings. The second-order valence-corrected chi connectivity index (χ2v) is 5.21. The van der Waals surface area contributed by atoms with E-state index in [0.29, 0.717) is 17.8 Å². The van der Waals surface area contributed by atoms with Crippen LogP contribution in [-0.4, -0.2) is 10.9 Å². The fraction of sp³-hybridized carbons (Fsp3) is 0.118. The third-order valence-corrected chi connectivity index (χ3v) is 3.47. The molecule has 0 atom stereocenters. The summed E-state index contributed by atoms with van der Waals surface area (Å²) in [6.07, 6.45) is 2.22. The quantitative estimate of drug-likeness (QED) is 0.644. The lowest BCUT2D eigenvalue weighted by molar-refractivity contribution is -0.115. The summed E-state index contributed by atoms with van der Waals surface area (Å²) in [4.78, 5) is 15.3. The zero-order chi connectivity index (χ0) is 14.8. The minimum atomic E-state index is -0.0674. The maximum absolute atomic E-state index is 12.1. The van der Waals surface area contributed by atoms with Crippen LogP contribution in [0.3, 0.4) is 0 Å². The van der Waals surface area contributed by atoms with Crippen molar-refractivity contribution in [3.8, 4) is 0 Å². The second-order valence-electron chi connectivity index (χ2n) is 5.21. The SMILES string of the molecule is Cc1ccc(N)c(NC(=O)Cc2ccc3[nH]ccc3c2)c1. The highest BCUT2D eigenvalue weighted by molar-refractivity contribution is 5.95. The van der Waals surface area contributed by atoms with E-state index in [1.54, 1.807) is 6.07 Å². The van der Waals surface area contributed by atoms with Crippen LogP contribution in [-0.2, 0) is 11.2 Å². The molecule has 0 fully saturated rings. The molecule has 4 nitrogen and oxygen atoms in total. The van der Waals surface area contributed by atoms with E-state index in [-0.39, 0.29) is 5.91 Å². The van der Waals surface area contributed by atoms with E-state index in [1.807, 2.05) is 49.5 Å². The molecule has 4 N–H and O–H groups in total. The monoisotopic (exact) mass is 279 g/mol. The molecular formula is C17H17N3O.